The SMILES string of the molecule is O=C(NC1(C(=O)O)CC1)C1=CCCCC1. The molecule has 0 radical (unpaired) electrons. The van der Waals surface area contributed by atoms with Crippen molar-refractivity contribution in [3.8, 4) is 0 Å². The van der Waals surface area contributed by atoms with Gasteiger partial charge in [0.05, 0.1) is 0 Å². The van der Waals surface area contributed by atoms with E-state index in [1.807, 2.05) is 6.08 Å². The van der Waals surface area contributed by atoms with Gasteiger partial charge in [-0.15, -0.1) is 0 Å². The van der Waals surface area contributed by atoms with Crippen LogP contribution in [0, 0.1) is 0 Å². The van der Waals surface area contributed by atoms with Crippen molar-refractivity contribution in [2.75, 3.05) is 0 Å². The molecule has 2 rings (SSSR count). The van der Waals surface area contributed by atoms with E-state index in [0.717, 1.165) is 31.3 Å². The zero-order valence-electron chi connectivity index (χ0n) is 8.58. The predicted octanol–water partition coefficient (Wildman–Crippen LogP) is 1.22. The monoisotopic (exact) mass is 209 g/mol. The summed E-state index contributed by atoms with van der Waals surface area (Å²) in [7, 11) is 0. The fourth-order valence-corrected chi connectivity index (χ4v) is 1.86. The van der Waals surface area contributed by atoms with Crippen LogP contribution in [-0.4, -0.2) is 22.5 Å². The summed E-state index contributed by atoms with van der Waals surface area (Å²) in [6.45, 7) is 0. The van der Waals surface area contributed by atoms with Crippen LogP contribution >= 0.6 is 0 Å². The summed E-state index contributed by atoms with van der Waals surface area (Å²) in [6.07, 6.45) is 6.91. The molecule has 0 aromatic carbocycles. The third-order valence-corrected chi connectivity index (χ3v) is 3.09. The molecular formula is C11H15NO3. The van der Waals surface area contributed by atoms with Crippen molar-refractivity contribution in [2.24, 2.45) is 0 Å². The second kappa shape index (κ2) is 3.68. The third-order valence-electron chi connectivity index (χ3n) is 3.09. The minimum atomic E-state index is -0.949. The lowest BCUT2D eigenvalue weighted by atomic mass is 9.99. The van der Waals surface area contributed by atoms with Crippen molar-refractivity contribution in [1.82, 2.24) is 5.32 Å². The van der Waals surface area contributed by atoms with E-state index in [-0.39, 0.29) is 5.91 Å². The molecule has 0 aliphatic heterocycles. The first kappa shape index (κ1) is 10.2. The summed E-state index contributed by atoms with van der Waals surface area (Å²) < 4.78 is 0. The summed E-state index contributed by atoms with van der Waals surface area (Å²) in [5.74, 6) is -1.10. The first-order chi connectivity index (χ1) is 7.14. The lowest BCUT2D eigenvalue weighted by Crippen LogP contribution is -2.43. The number of carboxylic acids is 1. The van der Waals surface area contributed by atoms with Crippen molar-refractivity contribution < 1.29 is 14.7 Å². The van der Waals surface area contributed by atoms with E-state index < -0.39 is 11.5 Å². The molecule has 0 bridgehead atoms. The van der Waals surface area contributed by atoms with Crippen molar-refractivity contribution in [3.05, 3.63) is 11.6 Å². The van der Waals surface area contributed by atoms with Crippen molar-refractivity contribution >= 4 is 11.9 Å². The highest BCUT2D eigenvalue weighted by atomic mass is 16.4. The highest BCUT2D eigenvalue weighted by Crippen LogP contribution is 2.36. The van der Waals surface area contributed by atoms with Crippen LogP contribution < -0.4 is 5.32 Å². The molecule has 0 aromatic rings. The molecule has 0 spiro atoms. The van der Waals surface area contributed by atoms with Crippen molar-refractivity contribution in [2.45, 2.75) is 44.1 Å². The largest absolute Gasteiger partial charge is 0.480 e. The van der Waals surface area contributed by atoms with Crippen LogP contribution in [0.4, 0.5) is 0 Å². The second-order valence-electron chi connectivity index (χ2n) is 4.32. The second-order valence-corrected chi connectivity index (χ2v) is 4.32. The van der Waals surface area contributed by atoms with Crippen LogP contribution in [-0.2, 0) is 9.59 Å². The Morgan fingerprint density at radius 1 is 1.33 bits per heavy atom. The Morgan fingerprint density at radius 3 is 2.53 bits per heavy atom. The normalized spacial score (nSPS) is 22.8. The molecule has 0 unspecified atom stereocenters. The van der Waals surface area contributed by atoms with E-state index in [0.29, 0.717) is 12.8 Å². The van der Waals surface area contributed by atoms with Crippen LogP contribution in [0.3, 0.4) is 0 Å². The predicted molar refractivity (Wildman–Crippen MR) is 54.3 cm³/mol. The Balaban J connectivity index is 1.98. The van der Waals surface area contributed by atoms with Crippen LogP contribution in [0.15, 0.2) is 11.6 Å². The van der Waals surface area contributed by atoms with E-state index in [1.54, 1.807) is 0 Å². The fraction of sp³-hybridized carbons (Fsp3) is 0.636. The Kier molecular flexibility index (Phi) is 2.50. The standard InChI is InChI=1S/C11H15NO3/c13-9(8-4-2-1-3-5-8)12-11(6-7-11)10(14)15/h4H,1-3,5-7H2,(H,12,13)(H,14,15). The quantitative estimate of drug-likeness (QED) is 0.734. The van der Waals surface area contributed by atoms with E-state index in [9.17, 15) is 9.59 Å². The maximum atomic E-state index is 11.7. The molecule has 2 aliphatic carbocycles. The fourth-order valence-electron chi connectivity index (χ4n) is 1.86. The van der Waals surface area contributed by atoms with E-state index in [1.165, 1.54) is 0 Å². The number of rotatable bonds is 3. The number of hydrogen-bond donors (Lipinski definition) is 2. The van der Waals surface area contributed by atoms with Gasteiger partial charge in [0.2, 0.25) is 5.91 Å². The Labute approximate surface area is 88.4 Å². The molecular weight excluding hydrogens is 194 g/mol. The molecule has 2 aliphatic rings. The topological polar surface area (TPSA) is 66.4 Å². The number of nitrogens with one attached hydrogen (secondary N) is 1. The summed E-state index contributed by atoms with van der Waals surface area (Å²) in [4.78, 5) is 22.6. The molecule has 0 saturated heterocycles. The summed E-state index contributed by atoms with van der Waals surface area (Å²) in [5.41, 5.74) is -0.191. The number of aliphatic carboxylic acids is 1. The lowest BCUT2D eigenvalue weighted by molar-refractivity contribution is -0.142. The van der Waals surface area contributed by atoms with Gasteiger partial charge in [-0.25, -0.2) is 4.79 Å². The molecule has 0 atom stereocenters. The Hall–Kier alpha value is -1.32. The average Bonchev–Trinajstić information content (AvgIpc) is 3.00. The smallest absolute Gasteiger partial charge is 0.329 e. The van der Waals surface area contributed by atoms with Crippen LogP contribution in [0.2, 0.25) is 0 Å². The highest BCUT2D eigenvalue weighted by molar-refractivity contribution is 5.98. The van der Waals surface area contributed by atoms with Gasteiger partial charge in [0.25, 0.3) is 0 Å². The van der Waals surface area contributed by atoms with E-state index in [2.05, 4.69) is 5.32 Å². The van der Waals surface area contributed by atoms with E-state index in [4.69, 9.17) is 5.11 Å². The Bertz CT molecular complexity index is 329. The number of carbonyl (C=O) groups excluding carboxylic acids is 1. The van der Waals surface area contributed by atoms with Crippen LogP contribution in [0.1, 0.15) is 38.5 Å². The molecule has 15 heavy (non-hydrogen) atoms. The van der Waals surface area contributed by atoms with Gasteiger partial charge in [0, 0.05) is 5.57 Å². The minimum Gasteiger partial charge on any atom is -0.480 e. The molecule has 0 aromatic heterocycles. The zero-order chi connectivity index (χ0) is 10.9. The number of carboxylic acid groups (broad SMARTS) is 1. The first-order valence-electron chi connectivity index (χ1n) is 5.39. The first-order valence-corrected chi connectivity index (χ1v) is 5.39. The van der Waals surface area contributed by atoms with Crippen LogP contribution in [0.5, 0.6) is 0 Å². The number of allylic oxidation sites excluding steroid dienone is 1. The molecule has 0 heterocycles. The molecule has 2 N–H and O–H groups in total. The van der Waals surface area contributed by atoms with Crippen LogP contribution in [0.25, 0.3) is 0 Å². The summed E-state index contributed by atoms with van der Waals surface area (Å²) in [6, 6.07) is 0. The van der Waals surface area contributed by atoms with Gasteiger partial charge in [-0.2, -0.15) is 0 Å². The molecule has 1 saturated carbocycles. The average molecular weight is 209 g/mol. The van der Waals surface area contributed by atoms with Gasteiger partial charge in [0.15, 0.2) is 0 Å². The molecule has 82 valence electrons. The Morgan fingerprint density at radius 2 is 2.07 bits per heavy atom. The van der Waals surface area contributed by atoms with Gasteiger partial charge >= 0.3 is 5.97 Å². The van der Waals surface area contributed by atoms with E-state index >= 15 is 0 Å². The maximum absolute atomic E-state index is 11.7. The highest BCUT2D eigenvalue weighted by Gasteiger charge is 2.51. The van der Waals surface area contributed by atoms with Gasteiger partial charge in [-0.05, 0) is 38.5 Å². The van der Waals surface area contributed by atoms with Gasteiger partial charge in [-0.3, -0.25) is 4.79 Å². The van der Waals surface area contributed by atoms with Crippen molar-refractivity contribution in [1.29, 1.82) is 0 Å². The minimum absolute atomic E-state index is 0.186. The number of amides is 1. The zero-order valence-corrected chi connectivity index (χ0v) is 8.58. The van der Waals surface area contributed by atoms with Gasteiger partial charge in [-0.1, -0.05) is 6.08 Å². The number of carbonyl (C=O) groups is 2. The molecule has 1 amide bonds. The third kappa shape index (κ3) is 2.03. The van der Waals surface area contributed by atoms with Gasteiger partial charge < -0.3 is 10.4 Å². The maximum Gasteiger partial charge on any atom is 0.329 e. The summed E-state index contributed by atoms with van der Waals surface area (Å²) >= 11 is 0. The summed E-state index contributed by atoms with van der Waals surface area (Å²) in [5, 5.41) is 11.5. The molecule has 4 heteroatoms. The number of hydrogen-bond acceptors (Lipinski definition) is 2. The van der Waals surface area contributed by atoms with Gasteiger partial charge in [0.1, 0.15) is 5.54 Å². The molecule has 1 fully saturated rings. The molecule has 4 nitrogen and oxygen atoms in total. The lowest BCUT2D eigenvalue weighted by Gasteiger charge is -2.16. The van der Waals surface area contributed by atoms with Crippen molar-refractivity contribution in [3.63, 3.8) is 0 Å².